The number of likely N-dealkylation sites (N-methyl/N-ethyl adjacent to an activating group) is 1. The molecule has 1 saturated heterocycles. The predicted octanol–water partition coefficient (Wildman–Crippen LogP) is 2.37. The van der Waals surface area contributed by atoms with E-state index < -0.39 is 0 Å². The number of benzene rings is 1. The summed E-state index contributed by atoms with van der Waals surface area (Å²) in [5, 5.41) is 3.68. The number of ether oxygens (including phenoxy) is 1. The van der Waals surface area contributed by atoms with Crippen LogP contribution in [0.15, 0.2) is 24.3 Å². The molecule has 6 heteroatoms. The largest absolute Gasteiger partial charge is 0.379 e. The molecule has 0 unspecified atom stereocenters. The van der Waals surface area contributed by atoms with Crippen molar-refractivity contribution in [2.24, 2.45) is 0 Å². The molecule has 0 radical (unpaired) electrons. The second kappa shape index (κ2) is 8.36. The van der Waals surface area contributed by atoms with Crippen molar-refractivity contribution in [2.45, 2.75) is 13.0 Å². The summed E-state index contributed by atoms with van der Waals surface area (Å²) in [6, 6.07) is 7.42. The molecule has 0 aromatic heterocycles. The molecule has 1 aliphatic rings. The number of halogens is 1. The van der Waals surface area contributed by atoms with Gasteiger partial charge in [0.25, 0.3) is 0 Å². The number of hydrogen-bond acceptors (Lipinski definition) is 3. The maximum absolute atomic E-state index is 12.2. The normalized spacial score (nSPS) is 17.0. The van der Waals surface area contributed by atoms with Crippen LogP contribution in [-0.4, -0.2) is 62.3 Å². The van der Waals surface area contributed by atoms with Crippen LogP contribution in [0.1, 0.15) is 18.5 Å². The molecule has 1 fully saturated rings. The van der Waals surface area contributed by atoms with Gasteiger partial charge in [0.15, 0.2) is 0 Å². The number of amides is 2. The molecule has 2 amide bonds. The van der Waals surface area contributed by atoms with E-state index in [0.29, 0.717) is 11.6 Å². The van der Waals surface area contributed by atoms with E-state index in [-0.39, 0.29) is 12.1 Å². The van der Waals surface area contributed by atoms with Crippen LogP contribution < -0.4 is 5.32 Å². The summed E-state index contributed by atoms with van der Waals surface area (Å²) in [5.41, 5.74) is 1.00. The first-order chi connectivity index (χ1) is 10.6. The van der Waals surface area contributed by atoms with Crippen LogP contribution in [0, 0.1) is 0 Å². The third kappa shape index (κ3) is 5.16. The fourth-order valence-electron chi connectivity index (χ4n) is 2.37. The Morgan fingerprint density at radius 1 is 1.45 bits per heavy atom. The van der Waals surface area contributed by atoms with Crippen molar-refractivity contribution in [3.8, 4) is 0 Å². The van der Waals surface area contributed by atoms with Gasteiger partial charge in [-0.05, 0) is 24.6 Å². The third-order valence-corrected chi connectivity index (χ3v) is 4.13. The SMILES string of the molecule is C[C@H](NC(=O)N(C)CCN1CCOCC1)c1cccc(Cl)c1. The van der Waals surface area contributed by atoms with E-state index in [1.165, 1.54) is 0 Å². The van der Waals surface area contributed by atoms with E-state index in [1.807, 2.05) is 38.2 Å². The molecule has 0 bridgehead atoms. The van der Waals surface area contributed by atoms with Crippen molar-refractivity contribution in [1.82, 2.24) is 15.1 Å². The Labute approximate surface area is 137 Å². The van der Waals surface area contributed by atoms with Crippen molar-refractivity contribution in [3.05, 3.63) is 34.9 Å². The second-order valence-electron chi connectivity index (χ2n) is 5.60. The van der Waals surface area contributed by atoms with E-state index in [4.69, 9.17) is 16.3 Å². The smallest absolute Gasteiger partial charge is 0.317 e. The van der Waals surface area contributed by atoms with E-state index in [2.05, 4.69) is 10.2 Å². The summed E-state index contributed by atoms with van der Waals surface area (Å²) in [4.78, 5) is 16.3. The fraction of sp³-hybridized carbons (Fsp3) is 0.562. The molecule has 1 N–H and O–H groups in total. The molecule has 1 aromatic carbocycles. The van der Waals surface area contributed by atoms with Crippen LogP contribution in [0.3, 0.4) is 0 Å². The summed E-state index contributed by atoms with van der Waals surface area (Å²) >= 11 is 5.98. The predicted molar refractivity (Wildman–Crippen MR) is 88.3 cm³/mol. The number of urea groups is 1. The molecule has 1 aliphatic heterocycles. The minimum absolute atomic E-state index is 0.0688. The van der Waals surface area contributed by atoms with Gasteiger partial charge >= 0.3 is 6.03 Å². The van der Waals surface area contributed by atoms with Crippen molar-refractivity contribution >= 4 is 17.6 Å². The molecule has 0 saturated carbocycles. The Bertz CT molecular complexity index is 492. The van der Waals surface area contributed by atoms with E-state index in [1.54, 1.807) is 4.90 Å². The molecular weight excluding hydrogens is 302 g/mol. The fourth-order valence-corrected chi connectivity index (χ4v) is 2.57. The lowest BCUT2D eigenvalue weighted by molar-refractivity contribution is 0.0357. The van der Waals surface area contributed by atoms with Crippen LogP contribution >= 0.6 is 11.6 Å². The highest BCUT2D eigenvalue weighted by Crippen LogP contribution is 2.17. The first-order valence-corrected chi connectivity index (χ1v) is 8.01. The first-order valence-electron chi connectivity index (χ1n) is 7.63. The Morgan fingerprint density at radius 2 is 2.18 bits per heavy atom. The third-order valence-electron chi connectivity index (χ3n) is 3.89. The van der Waals surface area contributed by atoms with Crippen LogP contribution in [-0.2, 0) is 4.74 Å². The lowest BCUT2D eigenvalue weighted by Gasteiger charge is -2.29. The maximum atomic E-state index is 12.2. The van der Waals surface area contributed by atoms with Gasteiger partial charge in [-0.25, -0.2) is 4.79 Å². The zero-order valence-corrected chi connectivity index (χ0v) is 14.0. The topological polar surface area (TPSA) is 44.8 Å². The van der Waals surface area contributed by atoms with Crippen LogP contribution in [0.2, 0.25) is 5.02 Å². The van der Waals surface area contributed by atoms with Gasteiger partial charge in [-0.3, -0.25) is 4.90 Å². The van der Waals surface area contributed by atoms with Crippen LogP contribution in [0.5, 0.6) is 0 Å². The molecule has 5 nitrogen and oxygen atoms in total. The summed E-state index contributed by atoms with van der Waals surface area (Å²) < 4.78 is 5.32. The number of carbonyl (C=O) groups excluding carboxylic acids is 1. The van der Waals surface area contributed by atoms with Crippen LogP contribution in [0.25, 0.3) is 0 Å². The number of carbonyl (C=O) groups is 1. The lowest BCUT2D eigenvalue weighted by Crippen LogP contribution is -2.45. The minimum Gasteiger partial charge on any atom is -0.379 e. The molecule has 2 rings (SSSR count). The van der Waals surface area contributed by atoms with Gasteiger partial charge in [-0.15, -0.1) is 0 Å². The number of morpholine rings is 1. The summed E-state index contributed by atoms with van der Waals surface area (Å²) in [6.45, 7) is 6.97. The average Bonchev–Trinajstić information content (AvgIpc) is 2.53. The Morgan fingerprint density at radius 3 is 2.86 bits per heavy atom. The molecule has 0 spiro atoms. The molecule has 122 valence electrons. The second-order valence-corrected chi connectivity index (χ2v) is 6.04. The summed E-state index contributed by atoms with van der Waals surface area (Å²) in [5.74, 6) is 0. The molecular formula is C16H24ClN3O2. The Balaban J connectivity index is 1.77. The van der Waals surface area contributed by atoms with E-state index in [0.717, 1.165) is 38.4 Å². The van der Waals surface area contributed by atoms with Crippen molar-refractivity contribution in [1.29, 1.82) is 0 Å². The highest BCUT2D eigenvalue weighted by molar-refractivity contribution is 6.30. The summed E-state index contributed by atoms with van der Waals surface area (Å²) in [7, 11) is 1.82. The van der Waals surface area contributed by atoms with Gasteiger partial charge in [0, 0.05) is 38.2 Å². The number of hydrogen-bond donors (Lipinski definition) is 1. The van der Waals surface area contributed by atoms with Crippen molar-refractivity contribution in [2.75, 3.05) is 46.4 Å². The lowest BCUT2D eigenvalue weighted by atomic mass is 10.1. The summed E-state index contributed by atoms with van der Waals surface area (Å²) in [6.07, 6.45) is 0. The standard InChI is InChI=1S/C16H24ClN3O2/c1-13(14-4-3-5-15(17)12-14)18-16(21)19(2)6-7-20-8-10-22-11-9-20/h3-5,12-13H,6-11H2,1-2H3,(H,18,21)/t13-/m0/s1. The zero-order valence-electron chi connectivity index (χ0n) is 13.2. The molecule has 1 heterocycles. The van der Waals surface area contributed by atoms with Gasteiger partial charge in [0.05, 0.1) is 19.3 Å². The molecule has 0 aliphatic carbocycles. The zero-order chi connectivity index (χ0) is 15.9. The van der Waals surface area contributed by atoms with Crippen LogP contribution in [0.4, 0.5) is 4.79 Å². The highest BCUT2D eigenvalue weighted by atomic mass is 35.5. The number of rotatable bonds is 5. The molecule has 22 heavy (non-hydrogen) atoms. The van der Waals surface area contributed by atoms with E-state index >= 15 is 0 Å². The Kier molecular flexibility index (Phi) is 6.49. The molecule has 1 aromatic rings. The van der Waals surface area contributed by atoms with Gasteiger partial charge < -0.3 is 15.0 Å². The number of nitrogens with one attached hydrogen (secondary N) is 1. The quantitative estimate of drug-likeness (QED) is 0.904. The minimum atomic E-state index is -0.0722. The van der Waals surface area contributed by atoms with Gasteiger partial charge in [-0.2, -0.15) is 0 Å². The van der Waals surface area contributed by atoms with Gasteiger partial charge in [-0.1, -0.05) is 23.7 Å². The van der Waals surface area contributed by atoms with E-state index in [9.17, 15) is 4.79 Å². The van der Waals surface area contributed by atoms with Gasteiger partial charge in [0.2, 0.25) is 0 Å². The first kappa shape index (κ1) is 17.1. The molecule has 1 atom stereocenters. The average molecular weight is 326 g/mol. The van der Waals surface area contributed by atoms with Crippen molar-refractivity contribution < 1.29 is 9.53 Å². The van der Waals surface area contributed by atoms with Gasteiger partial charge in [0.1, 0.15) is 0 Å². The van der Waals surface area contributed by atoms with Crippen molar-refractivity contribution in [3.63, 3.8) is 0 Å². The Hall–Kier alpha value is -1.30. The number of nitrogens with zero attached hydrogens (tertiary/aromatic N) is 2. The highest BCUT2D eigenvalue weighted by Gasteiger charge is 2.15. The monoisotopic (exact) mass is 325 g/mol. The maximum Gasteiger partial charge on any atom is 0.317 e.